The normalized spacial score (nSPS) is 15.7. The van der Waals surface area contributed by atoms with Gasteiger partial charge in [-0.2, -0.15) is 0 Å². The Kier molecular flexibility index (Phi) is 3.09. The maximum absolute atomic E-state index is 11.5. The minimum absolute atomic E-state index is 0.0400. The molecule has 106 valence electrons. The molecule has 1 aliphatic carbocycles. The van der Waals surface area contributed by atoms with Gasteiger partial charge in [0.1, 0.15) is 0 Å². The molecule has 1 fully saturated rings. The molecule has 0 radical (unpaired) electrons. The van der Waals surface area contributed by atoms with Gasteiger partial charge in [-0.15, -0.1) is 11.3 Å². The van der Waals surface area contributed by atoms with Crippen molar-refractivity contribution >= 4 is 27.2 Å². The summed E-state index contributed by atoms with van der Waals surface area (Å²) in [5.74, 6) is 0. The summed E-state index contributed by atoms with van der Waals surface area (Å²) < 4.78 is 1.13. The Bertz CT molecular complexity index is 823. The van der Waals surface area contributed by atoms with Crippen molar-refractivity contribution in [3.63, 3.8) is 0 Å². The molecule has 0 aromatic heterocycles. The number of nitrogens with zero attached hydrogens (tertiary/aromatic N) is 2. The predicted octanol–water partition coefficient (Wildman–Crippen LogP) is 2.17. The number of hydrogen-bond donors (Lipinski definition) is 1. The van der Waals surface area contributed by atoms with E-state index >= 15 is 0 Å². The van der Waals surface area contributed by atoms with Crippen molar-refractivity contribution in [2.75, 3.05) is 31.1 Å². The third-order valence-corrected chi connectivity index (χ3v) is 4.91. The summed E-state index contributed by atoms with van der Waals surface area (Å²) in [5, 5.41) is 3.37. The zero-order valence-electron chi connectivity index (χ0n) is 11.5. The summed E-state index contributed by atoms with van der Waals surface area (Å²) in [4.78, 5) is 19.5. The molecule has 5 heteroatoms. The van der Waals surface area contributed by atoms with Crippen molar-refractivity contribution in [3.05, 3.63) is 46.6 Å². The molecule has 1 saturated heterocycles. The van der Waals surface area contributed by atoms with E-state index < -0.39 is 0 Å². The molecule has 4 rings (SSSR count). The lowest BCUT2D eigenvalue weighted by atomic mass is 10.2. The van der Waals surface area contributed by atoms with Gasteiger partial charge in [0.15, 0.2) is 5.43 Å². The first-order valence-electron chi connectivity index (χ1n) is 7.10. The number of hydrogen-bond acceptors (Lipinski definition) is 5. The molecule has 2 heterocycles. The second-order valence-corrected chi connectivity index (χ2v) is 6.32. The fourth-order valence-electron chi connectivity index (χ4n) is 2.71. The van der Waals surface area contributed by atoms with Crippen LogP contribution in [0, 0.1) is 0 Å². The van der Waals surface area contributed by atoms with E-state index in [4.69, 9.17) is 0 Å². The number of fused-ring (bicyclic) bond motifs is 2. The van der Waals surface area contributed by atoms with Crippen LogP contribution in [0.15, 0.2) is 41.2 Å². The van der Waals surface area contributed by atoms with Gasteiger partial charge in [0.2, 0.25) is 0 Å². The second-order valence-electron chi connectivity index (χ2n) is 5.23. The first-order valence-corrected chi connectivity index (χ1v) is 7.92. The summed E-state index contributed by atoms with van der Waals surface area (Å²) >= 11 is 1.64. The molecular formula is C16H15N3OS. The van der Waals surface area contributed by atoms with Crippen molar-refractivity contribution in [3.8, 4) is 10.6 Å². The van der Waals surface area contributed by atoms with Crippen molar-refractivity contribution < 1.29 is 0 Å². The molecule has 0 bridgehead atoms. The van der Waals surface area contributed by atoms with Crippen LogP contribution >= 0.6 is 11.3 Å². The molecule has 0 amide bonds. The van der Waals surface area contributed by atoms with Crippen molar-refractivity contribution in [2.45, 2.75) is 0 Å². The first kappa shape index (κ1) is 12.7. The van der Waals surface area contributed by atoms with Crippen molar-refractivity contribution in [1.82, 2.24) is 10.3 Å². The predicted molar refractivity (Wildman–Crippen MR) is 87.6 cm³/mol. The van der Waals surface area contributed by atoms with Crippen LogP contribution in [-0.4, -0.2) is 31.2 Å². The smallest absolute Gasteiger partial charge is 0.180 e. The number of anilines is 1. The van der Waals surface area contributed by atoms with E-state index in [0.29, 0.717) is 0 Å². The molecule has 0 spiro atoms. The molecule has 3 aliphatic rings. The summed E-state index contributed by atoms with van der Waals surface area (Å²) in [7, 11) is 0. The molecule has 1 aromatic rings. The lowest BCUT2D eigenvalue weighted by molar-refractivity contribution is 0.589. The van der Waals surface area contributed by atoms with Gasteiger partial charge in [0.25, 0.3) is 0 Å². The van der Waals surface area contributed by atoms with Crippen LogP contribution in [0.25, 0.3) is 20.8 Å². The molecule has 1 aromatic carbocycles. The quantitative estimate of drug-likeness (QED) is 0.699. The first-order chi connectivity index (χ1) is 10.3. The van der Waals surface area contributed by atoms with Crippen LogP contribution in [0.4, 0.5) is 5.69 Å². The van der Waals surface area contributed by atoms with E-state index in [9.17, 15) is 4.79 Å². The maximum Gasteiger partial charge on any atom is 0.180 e. The average molecular weight is 297 g/mol. The van der Waals surface area contributed by atoms with E-state index in [1.807, 2.05) is 0 Å². The van der Waals surface area contributed by atoms with E-state index in [1.54, 1.807) is 29.5 Å². The number of rotatable bonds is 1. The van der Waals surface area contributed by atoms with Crippen LogP contribution in [0.5, 0.6) is 0 Å². The fourth-order valence-corrected chi connectivity index (χ4v) is 3.74. The van der Waals surface area contributed by atoms with Gasteiger partial charge in [-0.05, 0) is 30.3 Å². The van der Waals surface area contributed by atoms with Crippen LogP contribution in [0.3, 0.4) is 0 Å². The fraction of sp³-hybridized carbons (Fsp3) is 0.250. The summed E-state index contributed by atoms with van der Waals surface area (Å²) in [5.41, 5.74) is 3.16. The number of aromatic nitrogens is 1. The SMILES string of the molecule is O=c1ccc2nc3ccc(N4CCNCC4)cc3sc-2c1. The number of piperazine rings is 1. The highest BCUT2D eigenvalue weighted by Crippen LogP contribution is 2.31. The molecular weight excluding hydrogens is 282 g/mol. The molecule has 4 nitrogen and oxygen atoms in total. The maximum atomic E-state index is 11.5. The molecule has 0 unspecified atom stereocenters. The van der Waals surface area contributed by atoms with Crippen molar-refractivity contribution in [1.29, 1.82) is 0 Å². The third-order valence-electron chi connectivity index (χ3n) is 3.82. The topological polar surface area (TPSA) is 45.2 Å². The largest absolute Gasteiger partial charge is 0.369 e. The van der Waals surface area contributed by atoms with Gasteiger partial charge in [-0.1, -0.05) is 0 Å². The molecule has 0 saturated carbocycles. The van der Waals surface area contributed by atoms with E-state index in [2.05, 4.69) is 33.4 Å². The Morgan fingerprint density at radius 2 is 1.95 bits per heavy atom. The third kappa shape index (κ3) is 2.39. The number of nitrogens with one attached hydrogen (secondary N) is 1. The lowest BCUT2D eigenvalue weighted by Crippen LogP contribution is -2.43. The molecule has 1 N–H and O–H groups in total. The highest BCUT2D eigenvalue weighted by atomic mass is 32.1. The Balaban J connectivity index is 1.84. The molecule has 2 aliphatic heterocycles. The zero-order chi connectivity index (χ0) is 14.2. The average Bonchev–Trinajstić information content (AvgIpc) is 2.53. The number of benzene rings is 2. The minimum Gasteiger partial charge on any atom is -0.369 e. The highest BCUT2D eigenvalue weighted by molar-refractivity contribution is 7.21. The lowest BCUT2D eigenvalue weighted by Gasteiger charge is -2.29. The highest BCUT2D eigenvalue weighted by Gasteiger charge is 2.12. The van der Waals surface area contributed by atoms with Gasteiger partial charge in [-0.25, -0.2) is 4.98 Å². The van der Waals surface area contributed by atoms with Gasteiger partial charge < -0.3 is 10.2 Å². The van der Waals surface area contributed by atoms with Crippen molar-refractivity contribution in [2.24, 2.45) is 0 Å². The van der Waals surface area contributed by atoms with Crippen LogP contribution in [0.1, 0.15) is 0 Å². The standard InChI is InChI=1S/C16H15N3OS/c20-12-2-4-14-16(10-12)21-15-9-11(1-3-13(15)18-14)19-7-5-17-6-8-19/h1-4,9-10,17H,5-8H2. The second kappa shape index (κ2) is 5.09. The molecule has 0 atom stereocenters. The Labute approximate surface area is 126 Å². The van der Waals surface area contributed by atoms with Gasteiger partial charge in [-0.3, -0.25) is 4.79 Å². The zero-order valence-corrected chi connectivity index (χ0v) is 12.3. The van der Waals surface area contributed by atoms with E-state index in [1.165, 1.54) is 5.69 Å². The van der Waals surface area contributed by atoms with E-state index in [0.717, 1.165) is 47.0 Å². The Hall–Kier alpha value is -1.98. The summed E-state index contributed by atoms with van der Waals surface area (Å²) in [6.45, 7) is 4.11. The van der Waals surface area contributed by atoms with Crippen LogP contribution in [-0.2, 0) is 0 Å². The minimum atomic E-state index is 0.0400. The monoisotopic (exact) mass is 297 g/mol. The summed E-state index contributed by atoms with van der Waals surface area (Å²) in [6.07, 6.45) is 0. The van der Waals surface area contributed by atoms with Gasteiger partial charge in [0.05, 0.1) is 20.8 Å². The van der Waals surface area contributed by atoms with Gasteiger partial charge in [0, 0.05) is 37.9 Å². The Morgan fingerprint density at radius 3 is 2.81 bits per heavy atom. The van der Waals surface area contributed by atoms with Crippen LogP contribution in [0.2, 0.25) is 0 Å². The summed E-state index contributed by atoms with van der Waals surface area (Å²) in [6, 6.07) is 11.5. The molecule has 21 heavy (non-hydrogen) atoms. The van der Waals surface area contributed by atoms with Crippen LogP contribution < -0.4 is 15.6 Å². The Morgan fingerprint density at radius 1 is 1.10 bits per heavy atom. The van der Waals surface area contributed by atoms with E-state index in [-0.39, 0.29) is 5.43 Å². The van der Waals surface area contributed by atoms with Gasteiger partial charge >= 0.3 is 0 Å².